The maximum atomic E-state index is 12.4. The second kappa shape index (κ2) is 7.87. The molecule has 2 rings (SSSR count). The third-order valence-electron chi connectivity index (χ3n) is 4.38. The van der Waals surface area contributed by atoms with Gasteiger partial charge in [-0.2, -0.15) is 8.42 Å². The van der Waals surface area contributed by atoms with Crippen LogP contribution < -0.4 is 0 Å². The Morgan fingerprint density at radius 2 is 1.78 bits per heavy atom. The molecule has 0 N–H and O–H groups in total. The zero-order valence-electron chi connectivity index (χ0n) is 16.2. The molecule has 1 amide bonds. The van der Waals surface area contributed by atoms with Gasteiger partial charge in [-0.05, 0) is 39.8 Å². The van der Waals surface area contributed by atoms with Gasteiger partial charge in [-0.15, -0.1) is 0 Å². The summed E-state index contributed by atoms with van der Waals surface area (Å²) in [4.78, 5) is 17.4. The van der Waals surface area contributed by atoms with Gasteiger partial charge in [-0.1, -0.05) is 17.7 Å². The Hall–Kier alpha value is -2.11. The van der Waals surface area contributed by atoms with Crippen LogP contribution in [-0.4, -0.2) is 50.2 Å². The molecule has 7 nitrogen and oxygen atoms in total. The van der Waals surface area contributed by atoms with E-state index < -0.39 is 27.4 Å². The Morgan fingerprint density at radius 3 is 2.26 bits per heavy atom. The number of aryl methyl sites for hydroxylation is 1. The van der Waals surface area contributed by atoms with E-state index in [1.54, 1.807) is 37.8 Å². The van der Waals surface area contributed by atoms with Gasteiger partial charge in [-0.3, -0.25) is 4.18 Å². The third kappa shape index (κ3) is 5.68. The molecule has 148 valence electrons. The van der Waals surface area contributed by atoms with Gasteiger partial charge in [0.15, 0.2) is 0 Å². The highest BCUT2D eigenvalue weighted by atomic mass is 32.2. The van der Waals surface area contributed by atoms with Crippen molar-refractivity contribution in [3.05, 3.63) is 41.2 Å². The molecule has 1 aromatic rings. The maximum absolute atomic E-state index is 12.4. The van der Waals surface area contributed by atoms with E-state index in [9.17, 15) is 13.2 Å². The molecule has 0 bridgehead atoms. The summed E-state index contributed by atoms with van der Waals surface area (Å²) in [5.41, 5.74) is -0.603. The van der Waals surface area contributed by atoms with E-state index in [0.717, 1.165) is 5.56 Å². The molecule has 1 aliphatic heterocycles. The fourth-order valence-corrected chi connectivity index (χ4v) is 3.66. The second-order valence-electron chi connectivity index (χ2n) is 7.83. The van der Waals surface area contributed by atoms with Crippen LogP contribution in [0.5, 0.6) is 0 Å². The number of nitrogens with zero attached hydrogens (tertiary/aromatic N) is 2. The summed E-state index contributed by atoms with van der Waals surface area (Å²) in [6.45, 7) is 15.2. The summed E-state index contributed by atoms with van der Waals surface area (Å²) < 4.78 is 35.3. The largest absolute Gasteiger partial charge is 0.444 e. The number of piperidine rings is 1. The molecule has 0 aromatic heterocycles. The molecule has 1 aliphatic rings. The van der Waals surface area contributed by atoms with Crippen LogP contribution in [0.2, 0.25) is 0 Å². The van der Waals surface area contributed by atoms with Crippen molar-refractivity contribution in [3.63, 3.8) is 0 Å². The van der Waals surface area contributed by atoms with Crippen molar-refractivity contribution >= 4 is 16.2 Å². The fraction of sp³-hybridized carbons (Fsp3) is 0.579. The molecule has 1 saturated heterocycles. The highest BCUT2D eigenvalue weighted by Gasteiger charge is 2.44. The van der Waals surface area contributed by atoms with Crippen LogP contribution in [-0.2, 0) is 19.0 Å². The molecular weight excluding hydrogens is 368 g/mol. The summed E-state index contributed by atoms with van der Waals surface area (Å²) in [5.74, 6) is 0. The highest BCUT2D eigenvalue weighted by Crippen LogP contribution is 2.29. The number of amides is 1. The number of rotatable bonds is 4. The number of hydrogen-bond acceptors (Lipinski definition) is 5. The number of carbonyl (C=O) groups excluding carboxylic acids is 1. The monoisotopic (exact) mass is 394 g/mol. The normalized spacial score (nSPS) is 17.2. The summed E-state index contributed by atoms with van der Waals surface area (Å²) in [5, 5.41) is 0. The Morgan fingerprint density at radius 1 is 1.22 bits per heavy atom. The highest BCUT2D eigenvalue weighted by molar-refractivity contribution is 7.86. The summed E-state index contributed by atoms with van der Waals surface area (Å²) in [6, 6.07) is 6.36. The van der Waals surface area contributed by atoms with Crippen molar-refractivity contribution in [2.24, 2.45) is 0 Å². The summed E-state index contributed by atoms with van der Waals surface area (Å²) in [6.07, 6.45) is 0.243. The first-order chi connectivity index (χ1) is 12.5. The molecule has 0 spiro atoms. The van der Waals surface area contributed by atoms with E-state index in [0.29, 0.717) is 25.9 Å². The van der Waals surface area contributed by atoms with Crippen molar-refractivity contribution in [2.45, 2.75) is 56.6 Å². The molecule has 0 atom stereocenters. The zero-order chi connectivity index (χ0) is 20.3. The van der Waals surface area contributed by atoms with Crippen LogP contribution in [0.4, 0.5) is 4.79 Å². The smallest absolute Gasteiger partial charge is 0.410 e. The molecule has 27 heavy (non-hydrogen) atoms. The number of benzene rings is 1. The average Bonchev–Trinajstić information content (AvgIpc) is 2.59. The molecule has 0 unspecified atom stereocenters. The van der Waals surface area contributed by atoms with Crippen LogP contribution in [0.15, 0.2) is 29.2 Å². The Kier molecular flexibility index (Phi) is 6.17. The SMILES string of the molecule is [C-]#[N+]C1(COS(=O)(=O)c2ccc(C)cc2)CCN(C(=O)OC(C)(C)C)CC1. The third-order valence-corrected chi connectivity index (χ3v) is 5.65. The van der Waals surface area contributed by atoms with Crippen molar-refractivity contribution in [3.8, 4) is 0 Å². The molecule has 1 fully saturated rings. The number of carbonyl (C=O) groups is 1. The van der Waals surface area contributed by atoms with E-state index in [4.69, 9.17) is 15.5 Å². The molecule has 0 saturated carbocycles. The maximum Gasteiger partial charge on any atom is 0.410 e. The van der Waals surface area contributed by atoms with Gasteiger partial charge < -0.3 is 14.5 Å². The van der Waals surface area contributed by atoms with Crippen LogP contribution in [0.25, 0.3) is 4.85 Å². The lowest BCUT2D eigenvalue weighted by Gasteiger charge is -2.34. The van der Waals surface area contributed by atoms with Gasteiger partial charge in [0.05, 0.1) is 4.90 Å². The average molecular weight is 394 g/mol. The number of likely N-dealkylation sites (tertiary alicyclic amines) is 1. The van der Waals surface area contributed by atoms with Gasteiger partial charge >= 0.3 is 6.09 Å². The quantitative estimate of drug-likeness (QED) is 0.578. The topological polar surface area (TPSA) is 77.3 Å². The molecule has 0 aliphatic carbocycles. The number of ether oxygens (including phenoxy) is 1. The minimum absolute atomic E-state index is 0.0689. The standard InChI is InChI=1S/C19H26N2O5S/c1-15-6-8-16(9-7-15)27(23,24)25-14-19(20-5)10-12-21(13-11-19)17(22)26-18(2,3)4/h6-9H,10-14H2,1-4H3. The zero-order valence-corrected chi connectivity index (χ0v) is 17.0. The van der Waals surface area contributed by atoms with Gasteiger partial charge in [-0.25, -0.2) is 11.4 Å². The van der Waals surface area contributed by atoms with Crippen molar-refractivity contribution in [2.75, 3.05) is 19.7 Å². The Bertz CT molecular complexity index is 811. The Labute approximate surface area is 161 Å². The lowest BCUT2D eigenvalue weighted by atomic mass is 9.89. The molecule has 1 aromatic carbocycles. The minimum Gasteiger partial charge on any atom is -0.444 e. The van der Waals surface area contributed by atoms with E-state index in [1.807, 2.05) is 6.92 Å². The van der Waals surface area contributed by atoms with Crippen LogP contribution in [0.3, 0.4) is 0 Å². The molecule has 8 heteroatoms. The first kappa shape index (κ1) is 21.2. The van der Waals surface area contributed by atoms with Crippen LogP contribution >= 0.6 is 0 Å². The van der Waals surface area contributed by atoms with Gasteiger partial charge in [0, 0.05) is 25.9 Å². The van der Waals surface area contributed by atoms with Crippen LogP contribution in [0.1, 0.15) is 39.2 Å². The lowest BCUT2D eigenvalue weighted by molar-refractivity contribution is 0.0164. The van der Waals surface area contributed by atoms with E-state index in [1.165, 1.54) is 12.1 Å². The van der Waals surface area contributed by atoms with Crippen molar-refractivity contribution in [1.29, 1.82) is 0 Å². The fourth-order valence-electron chi connectivity index (χ4n) is 2.68. The molecular formula is C19H26N2O5S. The molecule has 1 heterocycles. The second-order valence-corrected chi connectivity index (χ2v) is 9.45. The van der Waals surface area contributed by atoms with Gasteiger partial charge in [0.1, 0.15) is 12.2 Å². The van der Waals surface area contributed by atoms with Crippen molar-refractivity contribution < 1.29 is 22.1 Å². The van der Waals surface area contributed by atoms with Crippen molar-refractivity contribution in [1.82, 2.24) is 4.90 Å². The van der Waals surface area contributed by atoms with Gasteiger partial charge in [0.2, 0.25) is 0 Å². The molecule has 0 radical (unpaired) electrons. The predicted molar refractivity (Wildman–Crippen MR) is 101 cm³/mol. The predicted octanol–water partition coefficient (Wildman–Crippen LogP) is 3.39. The lowest BCUT2D eigenvalue weighted by Crippen LogP contribution is -2.48. The van der Waals surface area contributed by atoms with Gasteiger partial charge in [0.25, 0.3) is 15.7 Å². The first-order valence-corrected chi connectivity index (χ1v) is 10.2. The van der Waals surface area contributed by atoms with Crippen LogP contribution in [0, 0.1) is 13.5 Å². The summed E-state index contributed by atoms with van der Waals surface area (Å²) >= 11 is 0. The van der Waals surface area contributed by atoms with E-state index >= 15 is 0 Å². The first-order valence-electron chi connectivity index (χ1n) is 8.79. The van der Waals surface area contributed by atoms with E-state index in [-0.39, 0.29) is 11.5 Å². The Balaban J connectivity index is 1.99. The minimum atomic E-state index is -3.93. The number of hydrogen-bond donors (Lipinski definition) is 0. The summed E-state index contributed by atoms with van der Waals surface area (Å²) in [7, 11) is -3.93. The van der Waals surface area contributed by atoms with E-state index in [2.05, 4.69) is 4.85 Å².